The van der Waals surface area contributed by atoms with Gasteiger partial charge in [0.1, 0.15) is 0 Å². The first-order chi connectivity index (χ1) is 10.4. The second-order valence-electron chi connectivity index (χ2n) is 6.67. The summed E-state index contributed by atoms with van der Waals surface area (Å²) in [5, 5.41) is 8.30. The summed E-state index contributed by atoms with van der Waals surface area (Å²) >= 11 is 0. The number of unbranched alkanes of at least 4 members (excludes halogenated alkanes) is 9. The lowest BCUT2D eigenvalue weighted by Gasteiger charge is -2.17. The van der Waals surface area contributed by atoms with Gasteiger partial charge in [-0.15, -0.1) is 0 Å². The van der Waals surface area contributed by atoms with Gasteiger partial charge in [0, 0.05) is 0 Å². The topological polar surface area (TPSA) is 65.0 Å². The molecule has 0 bridgehead atoms. The quantitative estimate of drug-likeness (QED) is 0.203. The van der Waals surface area contributed by atoms with Crippen LogP contribution in [0, 0.1) is 0 Å². The second kappa shape index (κ2) is 13.8. The molecule has 0 saturated heterocycles. The van der Waals surface area contributed by atoms with E-state index in [1.165, 1.54) is 44.9 Å². The van der Waals surface area contributed by atoms with Crippen LogP contribution in [0.1, 0.15) is 85.0 Å². The highest BCUT2D eigenvalue weighted by Gasteiger charge is 2.10. The number of hydrogen-bond acceptors (Lipinski definition) is 4. The third-order valence-electron chi connectivity index (χ3n) is 3.16. The van der Waals surface area contributed by atoms with Crippen molar-refractivity contribution in [2.75, 3.05) is 13.2 Å². The minimum atomic E-state index is -1.17. The van der Waals surface area contributed by atoms with E-state index in [1.54, 1.807) is 0 Å². The number of rotatable bonds is 14. The van der Waals surface area contributed by atoms with Crippen molar-refractivity contribution in [3.8, 4) is 0 Å². The Morgan fingerprint density at radius 2 is 1.18 bits per heavy atom. The molecule has 0 aromatic carbocycles. The maximum Gasteiger partial charge on any atom is 0.505 e. The standard InChI is InChI=1S/C17H34O5/c1-17(2,3)22-21-15-13-11-9-7-5-4-6-8-10-12-14-20-16(18)19/h4-15H2,1-3H3,(H,18,19). The van der Waals surface area contributed by atoms with Crippen LogP contribution in [0.4, 0.5) is 4.79 Å². The van der Waals surface area contributed by atoms with E-state index < -0.39 is 6.16 Å². The third-order valence-corrected chi connectivity index (χ3v) is 3.16. The Kier molecular flexibility index (Phi) is 13.3. The van der Waals surface area contributed by atoms with Gasteiger partial charge in [-0.3, -0.25) is 0 Å². The van der Waals surface area contributed by atoms with E-state index in [2.05, 4.69) is 4.74 Å². The highest BCUT2D eigenvalue weighted by molar-refractivity contribution is 5.56. The van der Waals surface area contributed by atoms with Crippen LogP contribution in [0.5, 0.6) is 0 Å². The monoisotopic (exact) mass is 318 g/mol. The summed E-state index contributed by atoms with van der Waals surface area (Å²) in [7, 11) is 0. The van der Waals surface area contributed by atoms with E-state index in [9.17, 15) is 4.79 Å². The Labute approximate surface area is 135 Å². The maximum atomic E-state index is 10.1. The van der Waals surface area contributed by atoms with E-state index in [1.807, 2.05) is 20.8 Å². The van der Waals surface area contributed by atoms with Crippen LogP contribution in [0.15, 0.2) is 0 Å². The maximum absolute atomic E-state index is 10.1. The number of ether oxygens (including phenoxy) is 1. The van der Waals surface area contributed by atoms with Crippen LogP contribution < -0.4 is 0 Å². The van der Waals surface area contributed by atoms with E-state index in [0.717, 1.165) is 19.3 Å². The number of carbonyl (C=O) groups is 1. The predicted molar refractivity (Wildman–Crippen MR) is 86.9 cm³/mol. The molecule has 132 valence electrons. The van der Waals surface area contributed by atoms with Crippen molar-refractivity contribution in [1.82, 2.24) is 0 Å². The predicted octanol–water partition coefficient (Wildman–Crippen LogP) is 5.33. The molecule has 0 aliphatic rings. The smallest absolute Gasteiger partial charge is 0.450 e. The minimum Gasteiger partial charge on any atom is -0.450 e. The molecule has 0 amide bonds. The van der Waals surface area contributed by atoms with Crippen molar-refractivity contribution in [3.63, 3.8) is 0 Å². The number of hydrogen-bond donors (Lipinski definition) is 1. The Balaban J connectivity index is 3.04. The zero-order chi connectivity index (χ0) is 16.7. The highest BCUT2D eigenvalue weighted by atomic mass is 17.2. The molecule has 1 N–H and O–H groups in total. The first-order valence-corrected chi connectivity index (χ1v) is 8.58. The van der Waals surface area contributed by atoms with E-state index in [4.69, 9.17) is 14.9 Å². The van der Waals surface area contributed by atoms with Gasteiger partial charge in [-0.05, 0) is 33.6 Å². The van der Waals surface area contributed by atoms with Crippen molar-refractivity contribution in [1.29, 1.82) is 0 Å². The van der Waals surface area contributed by atoms with E-state index in [-0.39, 0.29) is 5.60 Å². The lowest BCUT2D eigenvalue weighted by molar-refractivity contribution is -0.348. The molecule has 0 atom stereocenters. The Bertz CT molecular complexity index is 260. The summed E-state index contributed by atoms with van der Waals surface area (Å²) in [5.74, 6) is 0. The molecule has 0 unspecified atom stereocenters. The average Bonchev–Trinajstić information content (AvgIpc) is 2.41. The summed E-state index contributed by atoms with van der Waals surface area (Å²) in [4.78, 5) is 20.5. The van der Waals surface area contributed by atoms with E-state index >= 15 is 0 Å². The van der Waals surface area contributed by atoms with Gasteiger partial charge in [0.2, 0.25) is 0 Å². The van der Waals surface area contributed by atoms with Gasteiger partial charge in [0.15, 0.2) is 0 Å². The first kappa shape index (κ1) is 21.2. The summed E-state index contributed by atoms with van der Waals surface area (Å²) in [6, 6.07) is 0. The van der Waals surface area contributed by atoms with Crippen LogP contribution in [0.25, 0.3) is 0 Å². The van der Waals surface area contributed by atoms with E-state index in [0.29, 0.717) is 13.2 Å². The van der Waals surface area contributed by atoms with Crippen molar-refractivity contribution in [2.45, 2.75) is 90.6 Å². The molecule has 0 aliphatic heterocycles. The molecule has 0 heterocycles. The van der Waals surface area contributed by atoms with Crippen LogP contribution >= 0.6 is 0 Å². The van der Waals surface area contributed by atoms with Gasteiger partial charge in [-0.2, -0.15) is 0 Å². The van der Waals surface area contributed by atoms with Gasteiger partial charge in [-0.25, -0.2) is 14.6 Å². The van der Waals surface area contributed by atoms with Crippen LogP contribution in [-0.4, -0.2) is 30.1 Å². The van der Waals surface area contributed by atoms with Gasteiger partial charge in [0.05, 0.1) is 18.8 Å². The lowest BCUT2D eigenvalue weighted by Crippen LogP contribution is -2.19. The number of carboxylic acid groups (broad SMARTS) is 1. The molecule has 5 nitrogen and oxygen atoms in total. The van der Waals surface area contributed by atoms with Gasteiger partial charge < -0.3 is 9.84 Å². The largest absolute Gasteiger partial charge is 0.505 e. The zero-order valence-corrected chi connectivity index (χ0v) is 14.6. The zero-order valence-electron chi connectivity index (χ0n) is 14.6. The van der Waals surface area contributed by atoms with Gasteiger partial charge in [-0.1, -0.05) is 51.4 Å². The molecule has 0 aromatic heterocycles. The Hall–Kier alpha value is -0.810. The molecular formula is C17H34O5. The fraction of sp³-hybridized carbons (Fsp3) is 0.941. The molecule has 0 rings (SSSR count). The molecule has 0 aromatic rings. The Morgan fingerprint density at radius 1 is 0.773 bits per heavy atom. The van der Waals surface area contributed by atoms with Crippen LogP contribution in [-0.2, 0) is 14.5 Å². The fourth-order valence-corrected chi connectivity index (χ4v) is 2.06. The van der Waals surface area contributed by atoms with Crippen molar-refractivity contribution < 1.29 is 24.4 Å². The minimum absolute atomic E-state index is 0.222. The molecule has 0 aliphatic carbocycles. The average molecular weight is 318 g/mol. The van der Waals surface area contributed by atoms with Crippen molar-refractivity contribution in [2.24, 2.45) is 0 Å². The van der Waals surface area contributed by atoms with Crippen LogP contribution in [0.2, 0.25) is 0 Å². The van der Waals surface area contributed by atoms with Crippen LogP contribution in [0.3, 0.4) is 0 Å². The summed E-state index contributed by atoms with van der Waals surface area (Å²) in [5.41, 5.74) is -0.222. The van der Waals surface area contributed by atoms with Crippen molar-refractivity contribution in [3.05, 3.63) is 0 Å². The molecular weight excluding hydrogens is 284 g/mol. The second-order valence-corrected chi connectivity index (χ2v) is 6.67. The molecule has 0 radical (unpaired) electrons. The Morgan fingerprint density at radius 3 is 1.59 bits per heavy atom. The molecule has 0 spiro atoms. The molecule has 22 heavy (non-hydrogen) atoms. The molecule has 0 saturated carbocycles. The third kappa shape index (κ3) is 19.2. The van der Waals surface area contributed by atoms with Crippen molar-refractivity contribution >= 4 is 6.16 Å². The summed E-state index contributed by atoms with van der Waals surface area (Å²) in [6.45, 7) is 6.94. The first-order valence-electron chi connectivity index (χ1n) is 8.58. The van der Waals surface area contributed by atoms with Gasteiger partial charge >= 0.3 is 6.16 Å². The normalized spacial score (nSPS) is 11.6. The fourth-order valence-electron chi connectivity index (χ4n) is 2.06. The summed E-state index contributed by atoms with van der Waals surface area (Å²) < 4.78 is 4.46. The molecule has 5 heteroatoms. The molecule has 0 fully saturated rings. The highest BCUT2D eigenvalue weighted by Crippen LogP contribution is 2.11. The lowest BCUT2D eigenvalue weighted by atomic mass is 10.1. The van der Waals surface area contributed by atoms with Gasteiger partial charge in [0.25, 0.3) is 0 Å². The SMILES string of the molecule is CC(C)(C)OOCCCCCCCCCCCCOC(=O)O. The summed E-state index contributed by atoms with van der Waals surface area (Å²) in [6.07, 6.45) is 10.5.